The maximum Gasteiger partial charge on any atom is 0.302 e. The van der Waals surface area contributed by atoms with Gasteiger partial charge in [-0.2, -0.15) is 5.10 Å². The molecule has 0 radical (unpaired) electrons. The third kappa shape index (κ3) is 5.47. The predicted molar refractivity (Wildman–Crippen MR) is 122 cm³/mol. The summed E-state index contributed by atoms with van der Waals surface area (Å²) in [5.41, 5.74) is 6.58. The number of rotatable bonds is 8. The molecule has 5 nitrogen and oxygen atoms in total. The number of nitrogens with two attached hydrogens (primary N) is 1. The first-order valence-electron chi connectivity index (χ1n) is 10.0. The second-order valence-electron chi connectivity index (χ2n) is 7.04. The Morgan fingerprint density at radius 3 is 2.47 bits per heavy atom. The van der Waals surface area contributed by atoms with Crippen LogP contribution in [-0.2, 0) is 16.0 Å². The molecule has 30 heavy (non-hydrogen) atoms. The van der Waals surface area contributed by atoms with Gasteiger partial charge in [0.1, 0.15) is 6.61 Å². The number of nitrogens with one attached hydrogen (secondary N) is 1. The summed E-state index contributed by atoms with van der Waals surface area (Å²) in [4.78, 5) is 11.4. The predicted octanol–water partition coefficient (Wildman–Crippen LogP) is 4.92. The summed E-state index contributed by atoms with van der Waals surface area (Å²) < 4.78 is 5.34. The van der Waals surface area contributed by atoms with Gasteiger partial charge in [0.05, 0.1) is 12.3 Å². The molecule has 0 fully saturated rings. The van der Waals surface area contributed by atoms with Crippen molar-refractivity contribution < 1.29 is 9.53 Å². The highest BCUT2D eigenvalue weighted by Gasteiger charge is 2.16. The number of carbonyl (C=O) groups excluding carboxylic acids is 1. The van der Waals surface area contributed by atoms with E-state index in [9.17, 15) is 4.79 Å². The Bertz CT molecular complexity index is 999. The van der Waals surface area contributed by atoms with Crippen LogP contribution in [0.3, 0.4) is 0 Å². The highest BCUT2D eigenvalue weighted by atomic mass is 16.5. The zero-order valence-corrected chi connectivity index (χ0v) is 17.3. The number of ether oxygens (including phenoxy) is 1. The van der Waals surface area contributed by atoms with Gasteiger partial charge in [-0.05, 0) is 46.4 Å². The molecule has 154 valence electrons. The molecule has 1 atom stereocenters. The molecule has 0 bridgehead atoms. The number of nitrogens with zero attached hydrogens (tertiary/aromatic N) is 1. The van der Waals surface area contributed by atoms with Crippen molar-refractivity contribution in [1.29, 1.82) is 0 Å². The summed E-state index contributed by atoms with van der Waals surface area (Å²) in [6.45, 7) is 3.82. The summed E-state index contributed by atoms with van der Waals surface area (Å²) in [6, 6.07) is 24.4. The van der Waals surface area contributed by atoms with Gasteiger partial charge in [0.15, 0.2) is 0 Å². The van der Waals surface area contributed by atoms with E-state index in [-0.39, 0.29) is 18.6 Å². The van der Waals surface area contributed by atoms with Crippen molar-refractivity contribution in [3.05, 3.63) is 89.5 Å². The molecule has 3 rings (SSSR count). The Morgan fingerprint density at radius 2 is 1.83 bits per heavy atom. The highest BCUT2D eigenvalue weighted by Crippen LogP contribution is 2.29. The van der Waals surface area contributed by atoms with Gasteiger partial charge in [0.25, 0.3) is 0 Å². The monoisotopic (exact) mass is 401 g/mol. The van der Waals surface area contributed by atoms with Crippen molar-refractivity contribution >= 4 is 17.9 Å². The van der Waals surface area contributed by atoms with Gasteiger partial charge in [0.2, 0.25) is 0 Å². The lowest BCUT2D eigenvalue weighted by Crippen LogP contribution is -2.19. The normalized spacial score (nSPS) is 11.9. The van der Waals surface area contributed by atoms with Gasteiger partial charge in [-0.15, -0.1) is 0 Å². The van der Waals surface area contributed by atoms with Crippen LogP contribution < -0.4 is 11.2 Å². The summed E-state index contributed by atoms with van der Waals surface area (Å²) in [5.74, 6) is 4.91. The minimum Gasteiger partial charge on any atom is -0.463 e. The number of anilines is 1. The van der Waals surface area contributed by atoms with Crippen LogP contribution in [-0.4, -0.2) is 18.8 Å². The van der Waals surface area contributed by atoms with E-state index in [1.54, 1.807) is 6.21 Å². The van der Waals surface area contributed by atoms with Crippen LogP contribution in [0.15, 0.2) is 77.9 Å². The lowest BCUT2D eigenvalue weighted by molar-refractivity contribution is -0.141. The van der Waals surface area contributed by atoms with Crippen LogP contribution in [0.1, 0.15) is 36.6 Å². The summed E-state index contributed by atoms with van der Waals surface area (Å²) in [7, 11) is 0. The number of hydrazone groups is 1. The first-order valence-corrected chi connectivity index (χ1v) is 10.0. The van der Waals surface area contributed by atoms with Crippen LogP contribution in [0.5, 0.6) is 0 Å². The molecule has 0 aliphatic carbocycles. The number of carbonyl (C=O) groups is 1. The van der Waals surface area contributed by atoms with Crippen molar-refractivity contribution in [2.75, 3.05) is 11.9 Å². The molecule has 0 amide bonds. The van der Waals surface area contributed by atoms with E-state index in [1.165, 1.54) is 23.6 Å². The average molecular weight is 402 g/mol. The Morgan fingerprint density at radius 1 is 1.10 bits per heavy atom. The molecule has 0 aliphatic heterocycles. The van der Waals surface area contributed by atoms with Crippen LogP contribution in [0.2, 0.25) is 0 Å². The number of esters is 1. The van der Waals surface area contributed by atoms with Gasteiger partial charge >= 0.3 is 5.97 Å². The first-order chi connectivity index (χ1) is 14.6. The van der Waals surface area contributed by atoms with E-state index in [2.05, 4.69) is 47.7 Å². The number of hydrogen-bond donors (Lipinski definition) is 2. The number of benzene rings is 3. The maximum atomic E-state index is 11.4. The van der Waals surface area contributed by atoms with Crippen LogP contribution in [0, 0.1) is 0 Å². The highest BCUT2D eigenvalue weighted by molar-refractivity contribution is 5.80. The third-order valence-electron chi connectivity index (χ3n) is 4.93. The van der Waals surface area contributed by atoms with Gasteiger partial charge in [0, 0.05) is 12.6 Å². The molecule has 3 aromatic rings. The fourth-order valence-electron chi connectivity index (χ4n) is 3.40. The molecular formula is C25H27N3O2. The molecule has 0 saturated carbocycles. The van der Waals surface area contributed by atoms with E-state index >= 15 is 0 Å². The SMILES string of the molecule is CCc1cc(C(COC(C)=O)Nc2ccc(C=NN)cc2)ccc1-c1ccccc1. The van der Waals surface area contributed by atoms with Crippen molar-refractivity contribution in [3.8, 4) is 11.1 Å². The Hall–Kier alpha value is -3.60. The van der Waals surface area contributed by atoms with Crippen LogP contribution in [0.4, 0.5) is 5.69 Å². The molecule has 0 saturated heterocycles. The second-order valence-corrected chi connectivity index (χ2v) is 7.04. The van der Waals surface area contributed by atoms with Crippen molar-refractivity contribution in [3.63, 3.8) is 0 Å². The van der Waals surface area contributed by atoms with Crippen molar-refractivity contribution in [2.24, 2.45) is 10.9 Å². The fourth-order valence-corrected chi connectivity index (χ4v) is 3.40. The van der Waals surface area contributed by atoms with Crippen LogP contribution >= 0.6 is 0 Å². The van der Waals surface area contributed by atoms with Gasteiger partial charge in [-0.3, -0.25) is 4.79 Å². The molecule has 3 N–H and O–H groups in total. The van der Waals surface area contributed by atoms with E-state index < -0.39 is 0 Å². The lowest BCUT2D eigenvalue weighted by atomic mass is 9.94. The summed E-state index contributed by atoms with van der Waals surface area (Å²) in [6.07, 6.45) is 2.50. The maximum absolute atomic E-state index is 11.4. The van der Waals surface area contributed by atoms with E-state index in [0.29, 0.717) is 0 Å². The zero-order valence-electron chi connectivity index (χ0n) is 17.3. The van der Waals surface area contributed by atoms with E-state index in [4.69, 9.17) is 10.6 Å². The molecule has 5 heteroatoms. The average Bonchev–Trinajstić information content (AvgIpc) is 2.78. The molecule has 3 aromatic carbocycles. The largest absolute Gasteiger partial charge is 0.463 e. The second kappa shape index (κ2) is 10.3. The minimum atomic E-state index is -0.298. The van der Waals surface area contributed by atoms with E-state index in [1.807, 2.05) is 42.5 Å². The quantitative estimate of drug-likeness (QED) is 0.243. The Labute approximate surface area is 177 Å². The number of hydrogen-bond acceptors (Lipinski definition) is 5. The summed E-state index contributed by atoms with van der Waals surface area (Å²) >= 11 is 0. The van der Waals surface area contributed by atoms with Crippen LogP contribution in [0.25, 0.3) is 11.1 Å². The zero-order chi connectivity index (χ0) is 21.3. The molecule has 1 unspecified atom stereocenters. The van der Waals surface area contributed by atoms with Crippen molar-refractivity contribution in [1.82, 2.24) is 0 Å². The topological polar surface area (TPSA) is 76.7 Å². The first kappa shape index (κ1) is 21.1. The molecule has 0 spiro atoms. The molecular weight excluding hydrogens is 374 g/mol. The fraction of sp³-hybridized carbons (Fsp3) is 0.200. The summed E-state index contributed by atoms with van der Waals surface area (Å²) in [5, 5.41) is 7.02. The smallest absolute Gasteiger partial charge is 0.302 e. The standard InChI is InChI=1S/C25H27N3O2/c1-3-20-15-22(11-14-24(20)21-7-5-4-6-8-21)25(17-30-18(2)29)28-23-12-9-19(10-13-23)16-27-26/h4-16,25,28H,3,17,26H2,1-2H3. The Balaban J connectivity index is 1.89. The van der Waals surface area contributed by atoms with E-state index in [0.717, 1.165) is 23.2 Å². The molecule has 0 heterocycles. The van der Waals surface area contributed by atoms with Gasteiger partial charge < -0.3 is 15.9 Å². The Kier molecular flexibility index (Phi) is 7.22. The molecule has 0 aliphatic rings. The third-order valence-corrected chi connectivity index (χ3v) is 4.93. The lowest BCUT2D eigenvalue weighted by Gasteiger charge is -2.22. The molecule has 0 aromatic heterocycles. The number of aryl methyl sites for hydroxylation is 1. The minimum absolute atomic E-state index is 0.168. The van der Waals surface area contributed by atoms with Gasteiger partial charge in [-0.25, -0.2) is 0 Å². The van der Waals surface area contributed by atoms with Gasteiger partial charge in [-0.1, -0.05) is 67.6 Å². The van der Waals surface area contributed by atoms with Crippen molar-refractivity contribution in [2.45, 2.75) is 26.3 Å².